The molecule has 0 spiro atoms. The second-order valence-electron chi connectivity index (χ2n) is 5.44. The fourth-order valence-corrected chi connectivity index (χ4v) is 2.12. The van der Waals surface area contributed by atoms with Crippen molar-refractivity contribution in [2.45, 2.75) is 32.9 Å². The van der Waals surface area contributed by atoms with Crippen LogP contribution < -0.4 is 16.4 Å². The van der Waals surface area contributed by atoms with Gasteiger partial charge in [-0.05, 0) is 36.2 Å². The second-order valence-corrected chi connectivity index (χ2v) is 5.44. The molecule has 4 N–H and O–H groups in total. The highest BCUT2D eigenvalue weighted by molar-refractivity contribution is 5.94. The Bertz CT molecular complexity index is 665. The number of furan rings is 1. The van der Waals surface area contributed by atoms with Gasteiger partial charge in [-0.2, -0.15) is 0 Å². The van der Waals surface area contributed by atoms with Gasteiger partial charge in [0.05, 0.1) is 19.4 Å². The van der Waals surface area contributed by atoms with E-state index in [0.29, 0.717) is 24.6 Å². The first-order chi connectivity index (χ1) is 11.7. The zero-order valence-electron chi connectivity index (χ0n) is 13.9. The average Bonchev–Trinajstić information content (AvgIpc) is 3.12. The highest BCUT2D eigenvalue weighted by atomic mass is 16.3. The molecule has 0 aliphatic heterocycles. The fraction of sp³-hybridized carbons (Fsp3) is 0.333. The van der Waals surface area contributed by atoms with Crippen LogP contribution in [0.25, 0.3) is 0 Å². The van der Waals surface area contributed by atoms with Gasteiger partial charge in [-0.25, -0.2) is 4.99 Å². The normalized spacial score (nSPS) is 11.3. The minimum Gasteiger partial charge on any atom is -0.467 e. The summed E-state index contributed by atoms with van der Waals surface area (Å²) in [7, 11) is 0. The van der Waals surface area contributed by atoms with E-state index in [2.05, 4.69) is 22.5 Å². The molecule has 1 heterocycles. The van der Waals surface area contributed by atoms with Crippen LogP contribution in [0.4, 0.5) is 0 Å². The Kier molecular flexibility index (Phi) is 6.89. The molecule has 0 saturated heterocycles. The van der Waals surface area contributed by atoms with Gasteiger partial charge in [-0.15, -0.1) is 0 Å². The molecule has 1 aromatic carbocycles. The predicted octanol–water partition coefficient (Wildman–Crippen LogP) is 2.41. The quantitative estimate of drug-likeness (QED) is 0.394. The number of hydrogen-bond donors (Lipinski definition) is 3. The van der Waals surface area contributed by atoms with Gasteiger partial charge in [0.2, 0.25) is 0 Å². The number of amides is 1. The molecule has 0 bridgehead atoms. The summed E-state index contributed by atoms with van der Waals surface area (Å²) in [5, 5.41) is 5.89. The first kappa shape index (κ1) is 17.6. The van der Waals surface area contributed by atoms with Crippen molar-refractivity contribution in [1.29, 1.82) is 0 Å². The van der Waals surface area contributed by atoms with Gasteiger partial charge in [0, 0.05) is 12.1 Å². The van der Waals surface area contributed by atoms with Crippen LogP contribution in [0, 0.1) is 0 Å². The number of unbranched alkanes of at least 4 members (excludes halogenated alkanes) is 1. The summed E-state index contributed by atoms with van der Waals surface area (Å²) in [6.45, 7) is 3.74. The van der Waals surface area contributed by atoms with Crippen LogP contribution in [0.15, 0.2) is 52.1 Å². The van der Waals surface area contributed by atoms with E-state index in [1.165, 1.54) is 0 Å². The largest absolute Gasteiger partial charge is 0.467 e. The van der Waals surface area contributed by atoms with Gasteiger partial charge < -0.3 is 20.8 Å². The lowest BCUT2D eigenvalue weighted by molar-refractivity contribution is 0.0948. The van der Waals surface area contributed by atoms with E-state index < -0.39 is 0 Å². The number of hydrogen-bond acceptors (Lipinski definition) is 3. The monoisotopic (exact) mass is 328 g/mol. The molecule has 0 aliphatic carbocycles. The zero-order chi connectivity index (χ0) is 17.2. The van der Waals surface area contributed by atoms with Crippen molar-refractivity contribution in [2.24, 2.45) is 10.7 Å². The fourth-order valence-electron chi connectivity index (χ4n) is 2.12. The third-order valence-corrected chi connectivity index (χ3v) is 3.46. The molecule has 0 radical (unpaired) electrons. The van der Waals surface area contributed by atoms with E-state index in [0.717, 1.165) is 30.7 Å². The molecule has 0 saturated carbocycles. The van der Waals surface area contributed by atoms with Gasteiger partial charge in [-0.1, -0.05) is 25.5 Å². The van der Waals surface area contributed by atoms with Crippen LogP contribution in [-0.2, 0) is 13.1 Å². The van der Waals surface area contributed by atoms with Crippen molar-refractivity contribution >= 4 is 11.9 Å². The number of benzene rings is 1. The number of aliphatic imine (C=N–C) groups is 1. The Morgan fingerprint density at radius 1 is 1.25 bits per heavy atom. The lowest BCUT2D eigenvalue weighted by Gasteiger charge is -2.06. The standard InChI is InChI=1S/C18H24N4O2/c1-2-3-9-20-18(19)22-12-14-6-4-7-15(11-14)17(23)21-13-16-8-5-10-24-16/h4-8,10-11H,2-3,9,12-13H2,1H3,(H,21,23)(H3,19,20,22). The Morgan fingerprint density at radius 2 is 2.12 bits per heavy atom. The average molecular weight is 328 g/mol. The molecule has 6 nitrogen and oxygen atoms in total. The Hall–Kier alpha value is -2.76. The maximum absolute atomic E-state index is 12.2. The van der Waals surface area contributed by atoms with Crippen molar-refractivity contribution in [3.63, 3.8) is 0 Å². The van der Waals surface area contributed by atoms with E-state index in [-0.39, 0.29) is 5.91 Å². The first-order valence-electron chi connectivity index (χ1n) is 8.12. The number of guanidine groups is 1. The van der Waals surface area contributed by atoms with Gasteiger partial charge in [-0.3, -0.25) is 4.79 Å². The lowest BCUT2D eigenvalue weighted by Crippen LogP contribution is -2.32. The molecule has 1 aromatic heterocycles. The number of nitrogens with zero attached hydrogens (tertiary/aromatic N) is 1. The number of rotatable bonds is 8. The molecule has 6 heteroatoms. The predicted molar refractivity (Wildman–Crippen MR) is 94.6 cm³/mol. The highest BCUT2D eigenvalue weighted by Gasteiger charge is 2.07. The number of carbonyl (C=O) groups is 1. The maximum atomic E-state index is 12.2. The molecule has 128 valence electrons. The highest BCUT2D eigenvalue weighted by Crippen LogP contribution is 2.07. The van der Waals surface area contributed by atoms with Crippen LogP contribution in [-0.4, -0.2) is 18.4 Å². The smallest absolute Gasteiger partial charge is 0.251 e. The first-order valence-corrected chi connectivity index (χ1v) is 8.12. The molecular formula is C18H24N4O2. The SMILES string of the molecule is CCCCNC(N)=NCc1cccc(C(=O)NCc2ccco2)c1. The summed E-state index contributed by atoms with van der Waals surface area (Å²) in [5.74, 6) is 0.998. The van der Waals surface area contributed by atoms with Crippen LogP contribution in [0.5, 0.6) is 0 Å². The molecule has 2 rings (SSSR count). The third kappa shape index (κ3) is 5.79. The van der Waals surface area contributed by atoms with Gasteiger partial charge >= 0.3 is 0 Å². The molecular weight excluding hydrogens is 304 g/mol. The summed E-state index contributed by atoms with van der Waals surface area (Å²) in [5.41, 5.74) is 7.33. The van der Waals surface area contributed by atoms with Crippen LogP contribution in [0.2, 0.25) is 0 Å². The van der Waals surface area contributed by atoms with Crippen molar-refractivity contribution in [3.05, 3.63) is 59.5 Å². The summed E-state index contributed by atoms with van der Waals surface area (Å²) in [6.07, 6.45) is 3.75. The van der Waals surface area contributed by atoms with E-state index >= 15 is 0 Å². The summed E-state index contributed by atoms with van der Waals surface area (Å²) < 4.78 is 5.20. The van der Waals surface area contributed by atoms with Crippen molar-refractivity contribution < 1.29 is 9.21 Å². The van der Waals surface area contributed by atoms with Crippen LogP contribution >= 0.6 is 0 Å². The number of nitrogens with two attached hydrogens (primary N) is 1. The summed E-state index contributed by atoms with van der Waals surface area (Å²) >= 11 is 0. The van der Waals surface area contributed by atoms with Crippen molar-refractivity contribution in [3.8, 4) is 0 Å². The third-order valence-electron chi connectivity index (χ3n) is 3.46. The summed E-state index contributed by atoms with van der Waals surface area (Å²) in [6, 6.07) is 11.0. The molecule has 0 fully saturated rings. The Balaban J connectivity index is 1.88. The molecule has 0 atom stereocenters. The van der Waals surface area contributed by atoms with Crippen molar-refractivity contribution in [2.75, 3.05) is 6.54 Å². The molecule has 0 aliphatic rings. The van der Waals surface area contributed by atoms with Gasteiger partial charge in [0.25, 0.3) is 5.91 Å². The van der Waals surface area contributed by atoms with Gasteiger partial charge in [0.1, 0.15) is 5.76 Å². The topological polar surface area (TPSA) is 92.6 Å². The van der Waals surface area contributed by atoms with E-state index in [9.17, 15) is 4.79 Å². The van der Waals surface area contributed by atoms with Gasteiger partial charge in [0.15, 0.2) is 5.96 Å². The Morgan fingerprint density at radius 3 is 2.88 bits per heavy atom. The molecule has 2 aromatic rings. The minimum absolute atomic E-state index is 0.147. The number of carbonyl (C=O) groups excluding carboxylic acids is 1. The summed E-state index contributed by atoms with van der Waals surface area (Å²) in [4.78, 5) is 16.5. The second kappa shape index (κ2) is 9.39. The Labute approximate surface area is 142 Å². The lowest BCUT2D eigenvalue weighted by atomic mass is 10.1. The number of nitrogens with one attached hydrogen (secondary N) is 2. The van der Waals surface area contributed by atoms with Crippen LogP contribution in [0.1, 0.15) is 41.4 Å². The zero-order valence-corrected chi connectivity index (χ0v) is 13.9. The van der Waals surface area contributed by atoms with E-state index in [4.69, 9.17) is 10.2 Å². The molecule has 24 heavy (non-hydrogen) atoms. The maximum Gasteiger partial charge on any atom is 0.251 e. The van der Waals surface area contributed by atoms with E-state index in [1.54, 1.807) is 18.4 Å². The molecule has 1 amide bonds. The molecule has 0 unspecified atom stereocenters. The minimum atomic E-state index is -0.147. The van der Waals surface area contributed by atoms with Crippen LogP contribution in [0.3, 0.4) is 0 Å². The van der Waals surface area contributed by atoms with E-state index in [1.807, 2.05) is 24.3 Å². The van der Waals surface area contributed by atoms with Crippen molar-refractivity contribution in [1.82, 2.24) is 10.6 Å².